The van der Waals surface area contributed by atoms with Gasteiger partial charge in [-0.15, -0.1) is 0 Å². The Labute approximate surface area is 212 Å². The quantitative estimate of drug-likeness (QED) is 0.234. The number of anilines is 5. The summed E-state index contributed by atoms with van der Waals surface area (Å²) < 4.78 is 0. The van der Waals surface area contributed by atoms with Gasteiger partial charge in [-0.05, 0) is 77.7 Å². The minimum atomic E-state index is 1.13. The molecule has 6 aromatic rings. The minimum absolute atomic E-state index is 1.13. The lowest BCUT2D eigenvalue weighted by atomic mass is 9.99. The third-order valence-electron chi connectivity index (χ3n) is 6.91. The fourth-order valence-corrected chi connectivity index (χ4v) is 4.99. The van der Waals surface area contributed by atoms with Gasteiger partial charge in [0, 0.05) is 40.9 Å². The van der Waals surface area contributed by atoms with Gasteiger partial charge in [-0.3, -0.25) is 0 Å². The van der Waals surface area contributed by atoms with E-state index in [4.69, 9.17) is 0 Å². The molecule has 2 nitrogen and oxygen atoms in total. The Morgan fingerprint density at radius 3 is 1.64 bits per heavy atom. The maximum absolute atomic E-state index is 2.30. The molecule has 0 N–H and O–H groups in total. The van der Waals surface area contributed by atoms with Crippen LogP contribution in [-0.2, 0) is 0 Å². The second kappa shape index (κ2) is 9.24. The highest BCUT2D eigenvalue weighted by Gasteiger charge is 2.15. The molecule has 0 unspecified atom stereocenters. The summed E-state index contributed by atoms with van der Waals surface area (Å²) in [5.74, 6) is 0. The zero-order valence-electron chi connectivity index (χ0n) is 20.6. The first-order valence-electron chi connectivity index (χ1n) is 12.4. The largest absolute Gasteiger partial charge is 0.344 e. The molecule has 6 rings (SSSR count). The molecule has 0 heterocycles. The highest BCUT2D eigenvalue weighted by Crippen LogP contribution is 2.39. The van der Waals surface area contributed by atoms with E-state index in [1.54, 1.807) is 0 Å². The SMILES string of the molecule is Cc1ccc(N(c2ccccc2)c2ccc(N(C)c3cc4ccccc4c4ccccc34)cc2)cc1. The fourth-order valence-electron chi connectivity index (χ4n) is 4.99. The Hall–Kier alpha value is -4.56. The zero-order chi connectivity index (χ0) is 24.5. The number of rotatable bonds is 5. The predicted octanol–water partition coefficient (Wildman–Crippen LogP) is 9.54. The first-order valence-corrected chi connectivity index (χ1v) is 12.4. The van der Waals surface area contributed by atoms with Gasteiger partial charge in [-0.25, -0.2) is 0 Å². The highest BCUT2D eigenvalue weighted by molar-refractivity contribution is 6.13. The molecule has 6 aromatic carbocycles. The molecule has 0 saturated heterocycles. The van der Waals surface area contributed by atoms with E-state index in [-0.39, 0.29) is 0 Å². The van der Waals surface area contributed by atoms with Gasteiger partial charge in [0.2, 0.25) is 0 Å². The monoisotopic (exact) mass is 464 g/mol. The van der Waals surface area contributed by atoms with Gasteiger partial charge in [0.15, 0.2) is 0 Å². The van der Waals surface area contributed by atoms with E-state index < -0.39 is 0 Å². The fraction of sp³-hybridized carbons (Fsp3) is 0.0588. The van der Waals surface area contributed by atoms with E-state index in [9.17, 15) is 0 Å². The van der Waals surface area contributed by atoms with Crippen molar-refractivity contribution in [2.24, 2.45) is 0 Å². The van der Waals surface area contributed by atoms with Crippen LogP contribution in [0, 0.1) is 6.92 Å². The maximum atomic E-state index is 2.30. The number of nitrogens with zero attached hydrogens (tertiary/aromatic N) is 2. The van der Waals surface area contributed by atoms with E-state index in [2.05, 4.69) is 157 Å². The Bertz CT molecular complexity index is 1640. The summed E-state index contributed by atoms with van der Waals surface area (Å²) in [6.07, 6.45) is 0. The number of aryl methyl sites for hydroxylation is 1. The molecule has 2 heteroatoms. The molecule has 0 fully saturated rings. The van der Waals surface area contributed by atoms with Crippen molar-refractivity contribution in [3.05, 3.63) is 139 Å². The molecular formula is C34H28N2. The lowest BCUT2D eigenvalue weighted by Crippen LogP contribution is -2.12. The summed E-state index contributed by atoms with van der Waals surface area (Å²) in [6, 6.07) is 47.7. The predicted molar refractivity (Wildman–Crippen MR) is 155 cm³/mol. The number of benzene rings is 6. The van der Waals surface area contributed by atoms with Crippen LogP contribution in [0.3, 0.4) is 0 Å². The van der Waals surface area contributed by atoms with E-state index >= 15 is 0 Å². The molecule has 0 spiro atoms. The average molecular weight is 465 g/mol. The van der Waals surface area contributed by atoms with Crippen molar-refractivity contribution < 1.29 is 0 Å². The second-order valence-electron chi connectivity index (χ2n) is 9.24. The van der Waals surface area contributed by atoms with Crippen molar-refractivity contribution in [2.45, 2.75) is 6.92 Å². The number of hydrogen-bond donors (Lipinski definition) is 0. The smallest absolute Gasteiger partial charge is 0.0494 e. The highest BCUT2D eigenvalue weighted by atomic mass is 15.1. The Balaban J connectivity index is 1.41. The van der Waals surface area contributed by atoms with Gasteiger partial charge < -0.3 is 9.80 Å². The molecule has 0 aliphatic carbocycles. The van der Waals surface area contributed by atoms with Crippen molar-refractivity contribution in [3.63, 3.8) is 0 Å². The van der Waals surface area contributed by atoms with Gasteiger partial charge in [-0.2, -0.15) is 0 Å². The van der Waals surface area contributed by atoms with Crippen molar-refractivity contribution in [2.75, 3.05) is 16.8 Å². The molecule has 0 saturated carbocycles. The van der Waals surface area contributed by atoms with Crippen LogP contribution in [0.1, 0.15) is 5.56 Å². The maximum Gasteiger partial charge on any atom is 0.0494 e. The summed E-state index contributed by atoms with van der Waals surface area (Å²) in [5, 5.41) is 5.08. The van der Waals surface area contributed by atoms with E-state index in [1.807, 2.05) is 0 Å². The van der Waals surface area contributed by atoms with Crippen LogP contribution in [0.4, 0.5) is 28.4 Å². The molecule has 0 aromatic heterocycles. The lowest BCUT2D eigenvalue weighted by Gasteiger charge is -2.27. The molecule has 0 bridgehead atoms. The van der Waals surface area contributed by atoms with Crippen LogP contribution in [0.5, 0.6) is 0 Å². The lowest BCUT2D eigenvalue weighted by molar-refractivity contribution is 1.21. The first-order chi connectivity index (χ1) is 17.7. The van der Waals surface area contributed by atoms with Gasteiger partial charge >= 0.3 is 0 Å². The molecular weight excluding hydrogens is 436 g/mol. The van der Waals surface area contributed by atoms with Crippen LogP contribution in [0.2, 0.25) is 0 Å². The van der Waals surface area contributed by atoms with Crippen molar-refractivity contribution >= 4 is 50.0 Å². The molecule has 0 amide bonds. The van der Waals surface area contributed by atoms with Gasteiger partial charge in [-0.1, -0.05) is 84.4 Å². The first kappa shape index (κ1) is 21.9. The normalized spacial score (nSPS) is 11.1. The van der Waals surface area contributed by atoms with Gasteiger partial charge in [0.1, 0.15) is 0 Å². The van der Waals surface area contributed by atoms with E-state index in [1.165, 1.54) is 32.8 Å². The molecule has 36 heavy (non-hydrogen) atoms. The molecule has 0 atom stereocenters. The standard InChI is InChI=1S/C34H28N2/c1-25-16-18-29(19-17-25)36(28-11-4-3-5-12-28)30-22-20-27(21-23-30)35(2)34-24-26-10-6-7-13-31(26)32-14-8-9-15-33(32)34/h3-24H,1-2H3. The van der Waals surface area contributed by atoms with Crippen molar-refractivity contribution in [1.29, 1.82) is 0 Å². The van der Waals surface area contributed by atoms with Crippen LogP contribution < -0.4 is 9.80 Å². The Kier molecular flexibility index (Phi) is 5.63. The van der Waals surface area contributed by atoms with Crippen molar-refractivity contribution in [1.82, 2.24) is 0 Å². The summed E-state index contributed by atoms with van der Waals surface area (Å²) in [6.45, 7) is 2.12. The van der Waals surface area contributed by atoms with Crippen LogP contribution in [-0.4, -0.2) is 7.05 Å². The van der Waals surface area contributed by atoms with Gasteiger partial charge in [0.25, 0.3) is 0 Å². The van der Waals surface area contributed by atoms with Crippen LogP contribution in [0.15, 0.2) is 133 Å². The molecule has 0 aliphatic rings. The summed E-state index contributed by atoms with van der Waals surface area (Å²) in [4.78, 5) is 4.59. The van der Waals surface area contributed by atoms with Gasteiger partial charge in [0.05, 0.1) is 0 Å². The summed E-state index contributed by atoms with van der Waals surface area (Å²) in [5.41, 5.74) is 7.03. The molecule has 174 valence electrons. The van der Waals surface area contributed by atoms with Crippen LogP contribution in [0.25, 0.3) is 21.5 Å². The Morgan fingerprint density at radius 2 is 0.944 bits per heavy atom. The molecule has 0 radical (unpaired) electrons. The van der Waals surface area contributed by atoms with Crippen molar-refractivity contribution in [3.8, 4) is 0 Å². The Morgan fingerprint density at radius 1 is 0.444 bits per heavy atom. The molecule has 0 aliphatic heterocycles. The van der Waals surface area contributed by atoms with E-state index in [0.29, 0.717) is 0 Å². The topological polar surface area (TPSA) is 6.48 Å². The third-order valence-corrected chi connectivity index (χ3v) is 6.91. The second-order valence-corrected chi connectivity index (χ2v) is 9.24. The number of para-hydroxylation sites is 1. The van der Waals surface area contributed by atoms with E-state index in [0.717, 1.165) is 22.7 Å². The third kappa shape index (κ3) is 3.97. The number of hydrogen-bond acceptors (Lipinski definition) is 2. The summed E-state index contributed by atoms with van der Waals surface area (Å²) >= 11 is 0. The van der Waals surface area contributed by atoms with Crippen LogP contribution >= 0.6 is 0 Å². The zero-order valence-corrected chi connectivity index (χ0v) is 20.6. The average Bonchev–Trinajstić information content (AvgIpc) is 2.94. The number of fused-ring (bicyclic) bond motifs is 3. The summed E-state index contributed by atoms with van der Waals surface area (Å²) in [7, 11) is 2.15. The minimum Gasteiger partial charge on any atom is -0.344 e.